The van der Waals surface area contributed by atoms with Crippen LogP contribution in [-0.4, -0.2) is 29.3 Å². The SMILES string of the molecule is COC(C)(C)CCOc1cncc(NN)n1. The molecule has 0 aliphatic carbocycles. The molecular weight excluding hydrogens is 208 g/mol. The predicted molar refractivity (Wildman–Crippen MR) is 61.0 cm³/mol. The van der Waals surface area contributed by atoms with Gasteiger partial charge in [-0.2, -0.15) is 4.98 Å². The van der Waals surface area contributed by atoms with E-state index in [4.69, 9.17) is 15.3 Å². The number of hydrogen-bond acceptors (Lipinski definition) is 6. The topological polar surface area (TPSA) is 82.3 Å². The summed E-state index contributed by atoms with van der Waals surface area (Å²) in [6.45, 7) is 4.52. The lowest BCUT2D eigenvalue weighted by Gasteiger charge is -2.22. The van der Waals surface area contributed by atoms with E-state index in [1.807, 2.05) is 13.8 Å². The highest BCUT2D eigenvalue weighted by Gasteiger charge is 2.16. The van der Waals surface area contributed by atoms with E-state index in [9.17, 15) is 0 Å². The Bertz CT molecular complexity index is 330. The molecule has 0 aliphatic rings. The van der Waals surface area contributed by atoms with Gasteiger partial charge in [-0.05, 0) is 13.8 Å². The van der Waals surface area contributed by atoms with Crippen molar-refractivity contribution < 1.29 is 9.47 Å². The molecule has 3 N–H and O–H groups in total. The summed E-state index contributed by atoms with van der Waals surface area (Å²) < 4.78 is 10.7. The second-order valence-electron chi connectivity index (χ2n) is 3.95. The molecule has 0 saturated heterocycles. The molecular formula is C10H18N4O2. The molecule has 1 heterocycles. The highest BCUT2D eigenvalue weighted by atomic mass is 16.5. The number of methoxy groups -OCH3 is 1. The van der Waals surface area contributed by atoms with Crippen molar-refractivity contribution in [3.63, 3.8) is 0 Å². The van der Waals surface area contributed by atoms with Crippen LogP contribution >= 0.6 is 0 Å². The van der Waals surface area contributed by atoms with Crippen molar-refractivity contribution in [3.8, 4) is 5.88 Å². The molecule has 0 aromatic carbocycles. The Hall–Kier alpha value is -1.40. The molecule has 0 fully saturated rings. The fourth-order valence-corrected chi connectivity index (χ4v) is 0.991. The molecule has 0 radical (unpaired) electrons. The van der Waals surface area contributed by atoms with E-state index in [-0.39, 0.29) is 5.60 Å². The molecule has 16 heavy (non-hydrogen) atoms. The smallest absolute Gasteiger partial charge is 0.234 e. The summed E-state index contributed by atoms with van der Waals surface area (Å²) >= 11 is 0. The Morgan fingerprint density at radius 2 is 2.19 bits per heavy atom. The van der Waals surface area contributed by atoms with Crippen LogP contribution < -0.4 is 16.0 Å². The van der Waals surface area contributed by atoms with Crippen LogP contribution in [0.3, 0.4) is 0 Å². The Balaban J connectivity index is 2.42. The van der Waals surface area contributed by atoms with Gasteiger partial charge >= 0.3 is 0 Å². The van der Waals surface area contributed by atoms with E-state index in [1.54, 1.807) is 13.3 Å². The lowest BCUT2D eigenvalue weighted by Crippen LogP contribution is -2.25. The molecule has 6 nitrogen and oxygen atoms in total. The molecule has 1 aromatic heterocycles. The predicted octanol–water partition coefficient (Wildman–Crippen LogP) is 0.956. The zero-order valence-corrected chi connectivity index (χ0v) is 9.86. The average Bonchev–Trinajstić information content (AvgIpc) is 2.29. The van der Waals surface area contributed by atoms with Crippen LogP contribution in [0, 0.1) is 0 Å². The molecule has 0 saturated carbocycles. The van der Waals surface area contributed by atoms with E-state index < -0.39 is 0 Å². The molecule has 6 heteroatoms. The van der Waals surface area contributed by atoms with Gasteiger partial charge in [-0.1, -0.05) is 0 Å². The number of rotatable bonds is 6. The Morgan fingerprint density at radius 3 is 2.81 bits per heavy atom. The third-order valence-electron chi connectivity index (χ3n) is 2.27. The van der Waals surface area contributed by atoms with Gasteiger partial charge in [-0.25, -0.2) is 5.84 Å². The number of anilines is 1. The number of hydrogen-bond donors (Lipinski definition) is 2. The van der Waals surface area contributed by atoms with Gasteiger partial charge in [0.05, 0.1) is 24.6 Å². The Morgan fingerprint density at radius 1 is 1.44 bits per heavy atom. The maximum absolute atomic E-state index is 5.44. The summed E-state index contributed by atoms with van der Waals surface area (Å²) in [4.78, 5) is 8.00. The highest BCUT2D eigenvalue weighted by molar-refractivity contribution is 5.31. The van der Waals surface area contributed by atoms with Gasteiger partial charge in [0.1, 0.15) is 0 Å². The number of nitrogen functional groups attached to an aromatic ring is 1. The first kappa shape index (κ1) is 12.7. The number of nitrogens with zero attached hydrogens (tertiary/aromatic N) is 2. The fraction of sp³-hybridized carbons (Fsp3) is 0.600. The highest BCUT2D eigenvalue weighted by Crippen LogP contribution is 2.14. The zero-order valence-electron chi connectivity index (χ0n) is 9.86. The van der Waals surface area contributed by atoms with Crippen molar-refractivity contribution in [1.82, 2.24) is 9.97 Å². The molecule has 0 unspecified atom stereocenters. The second kappa shape index (κ2) is 5.62. The van der Waals surface area contributed by atoms with Gasteiger partial charge in [0.25, 0.3) is 0 Å². The molecule has 0 amide bonds. The number of aromatic nitrogens is 2. The van der Waals surface area contributed by atoms with Gasteiger partial charge in [-0.3, -0.25) is 4.98 Å². The third kappa shape index (κ3) is 4.00. The molecule has 1 aromatic rings. The van der Waals surface area contributed by atoms with Crippen molar-refractivity contribution >= 4 is 5.82 Å². The summed E-state index contributed by atoms with van der Waals surface area (Å²) in [6.07, 6.45) is 3.83. The maximum Gasteiger partial charge on any atom is 0.234 e. The summed E-state index contributed by atoms with van der Waals surface area (Å²) in [5.41, 5.74) is 2.21. The summed E-state index contributed by atoms with van der Waals surface area (Å²) in [6, 6.07) is 0. The van der Waals surface area contributed by atoms with Crippen LogP contribution in [-0.2, 0) is 4.74 Å². The molecule has 0 aliphatic heterocycles. The van der Waals surface area contributed by atoms with Crippen LogP contribution in [0.5, 0.6) is 5.88 Å². The average molecular weight is 226 g/mol. The van der Waals surface area contributed by atoms with E-state index in [1.165, 1.54) is 6.20 Å². The van der Waals surface area contributed by atoms with Gasteiger partial charge in [-0.15, -0.1) is 0 Å². The van der Waals surface area contributed by atoms with Crippen molar-refractivity contribution in [2.45, 2.75) is 25.9 Å². The Kier molecular flexibility index (Phi) is 4.45. The Labute approximate surface area is 95.1 Å². The van der Waals surface area contributed by atoms with Gasteiger partial charge in [0.2, 0.25) is 5.88 Å². The van der Waals surface area contributed by atoms with Crippen molar-refractivity contribution in [3.05, 3.63) is 12.4 Å². The fourth-order valence-electron chi connectivity index (χ4n) is 0.991. The molecule has 90 valence electrons. The van der Waals surface area contributed by atoms with Crippen LogP contribution in [0.15, 0.2) is 12.4 Å². The minimum absolute atomic E-state index is 0.197. The second-order valence-corrected chi connectivity index (χ2v) is 3.95. The van der Waals surface area contributed by atoms with Crippen molar-refractivity contribution in [2.75, 3.05) is 19.1 Å². The summed E-state index contributed by atoms with van der Waals surface area (Å²) in [5, 5.41) is 0. The number of hydrazine groups is 1. The van der Waals surface area contributed by atoms with Crippen molar-refractivity contribution in [2.24, 2.45) is 5.84 Å². The number of ether oxygens (including phenoxy) is 2. The number of nitrogens with two attached hydrogens (primary N) is 1. The molecule has 1 rings (SSSR count). The minimum atomic E-state index is -0.197. The minimum Gasteiger partial charge on any atom is -0.476 e. The lowest BCUT2D eigenvalue weighted by atomic mass is 10.1. The van der Waals surface area contributed by atoms with Gasteiger partial charge in [0, 0.05) is 13.5 Å². The van der Waals surface area contributed by atoms with Crippen LogP contribution in [0.4, 0.5) is 5.82 Å². The first-order chi connectivity index (χ1) is 7.57. The van der Waals surface area contributed by atoms with E-state index in [0.717, 1.165) is 6.42 Å². The monoisotopic (exact) mass is 226 g/mol. The molecule has 0 spiro atoms. The lowest BCUT2D eigenvalue weighted by molar-refractivity contribution is 0.00506. The summed E-state index contributed by atoms with van der Waals surface area (Å²) in [7, 11) is 1.68. The van der Waals surface area contributed by atoms with Gasteiger partial charge in [0.15, 0.2) is 5.82 Å². The standard InChI is InChI=1S/C10H18N4O2/c1-10(2,15-3)4-5-16-9-7-12-6-8(13-9)14-11/h6-7H,4-5,11H2,1-3H3,(H,13,14). The first-order valence-corrected chi connectivity index (χ1v) is 5.04. The largest absolute Gasteiger partial charge is 0.476 e. The van der Waals surface area contributed by atoms with Gasteiger partial charge < -0.3 is 14.9 Å². The quantitative estimate of drug-likeness (QED) is 0.555. The van der Waals surface area contributed by atoms with Crippen molar-refractivity contribution in [1.29, 1.82) is 0 Å². The molecule has 0 atom stereocenters. The molecule has 0 bridgehead atoms. The normalized spacial score (nSPS) is 11.2. The van der Waals surface area contributed by atoms with Crippen LogP contribution in [0.25, 0.3) is 0 Å². The third-order valence-corrected chi connectivity index (χ3v) is 2.27. The number of nitrogens with one attached hydrogen (secondary N) is 1. The van der Waals surface area contributed by atoms with E-state index in [2.05, 4.69) is 15.4 Å². The first-order valence-electron chi connectivity index (χ1n) is 5.04. The summed E-state index contributed by atoms with van der Waals surface area (Å²) in [5.74, 6) is 6.13. The maximum atomic E-state index is 5.44. The van der Waals surface area contributed by atoms with Crippen LogP contribution in [0.1, 0.15) is 20.3 Å². The van der Waals surface area contributed by atoms with Crippen LogP contribution in [0.2, 0.25) is 0 Å². The van der Waals surface area contributed by atoms with E-state index >= 15 is 0 Å². The zero-order chi connectivity index (χ0) is 12.0. The van der Waals surface area contributed by atoms with E-state index in [0.29, 0.717) is 18.3 Å².